The normalized spacial score (nSPS) is 19.0. The molecule has 0 radical (unpaired) electrons. The number of amides is 1. The Balaban J connectivity index is 1.64. The fraction of sp³-hybridized carbons (Fsp3) is 0.611. The summed E-state index contributed by atoms with van der Waals surface area (Å²) in [4.78, 5) is 16.0. The molecule has 0 bridgehead atoms. The smallest absolute Gasteiger partial charge is 0.237 e. The van der Waals surface area contributed by atoms with Crippen molar-refractivity contribution in [2.75, 3.05) is 25.4 Å². The van der Waals surface area contributed by atoms with E-state index in [1.807, 2.05) is 17.8 Å². The largest absolute Gasteiger partial charge is 0.355 e. The summed E-state index contributed by atoms with van der Waals surface area (Å²) in [6, 6.07) is 10.5. The van der Waals surface area contributed by atoms with Crippen molar-refractivity contribution in [3.63, 3.8) is 0 Å². The van der Waals surface area contributed by atoms with E-state index in [-0.39, 0.29) is 11.9 Å². The Labute approximate surface area is 138 Å². The Bertz CT molecular complexity index is 436. The number of carbonyl (C=O) groups is 1. The Morgan fingerprint density at radius 1 is 1.32 bits per heavy atom. The Hall–Kier alpha value is -1.00. The first kappa shape index (κ1) is 17.4. The van der Waals surface area contributed by atoms with Crippen LogP contribution in [0.15, 0.2) is 35.2 Å². The number of thioether (sulfide) groups is 1. The fourth-order valence-electron chi connectivity index (χ4n) is 2.95. The maximum atomic E-state index is 12.4. The molecule has 1 aromatic carbocycles. The molecule has 1 amide bonds. The lowest BCUT2D eigenvalue weighted by Gasteiger charge is -2.34. The third kappa shape index (κ3) is 5.65. The van der Waals surface area contributed by atoms with Crippen LogP contribution in [0.2, 0.25) is 0 Å². The zero-order valence-corrected chi connectivity index (χ0v) is 14.4. The number of nitrogens with zero attached hydrogens (tertiary/aromatic N) is 1. The fourth-order valence-corrected chi connectivity index (χ4v) is 3.83. The maximum Gasteiger partial charge on any atom is 0.237 e. The monoisotopic (exact) mass is 320 g/mol. The van der Waals surface area contributed by atoms with Crippen LogP contribution in [0, 0.1) is 0 Å². The summed E-state index contributed by atoms with van der Waals surface area (Å²) in [7, 11) is 0. The minimum absolute atomic E-state index is 0.107. The molecule has 1 heterocycles. The van der Waals surface area contributed by atoms with E-state index < -0.39 is 0 Å². The number of piperidine rings is 1. The molecule has 0 aliphatic carbocycles. The van der Waals surface area contributed by atoms with E-state index in [1.54, 1.807) is 0 Å². The van der Waals surface area contributed by atoms with Gasteiger partial charge in [-0.1, -0.05) is 31.5 Å². The number of benzene rings is 1. The average Bonchev–Trinajstić information content (AvgIpc) is 2.56. The van der Waals surface area contributed by atoms with E-state index in [9.17, 15) is 4.79 Å². The lowest BCUT2D eigenvalue weighted by molar-refractivity contribution is -0.127. The predicted octanol–water partition coefficient (Wildman–Crippen LogP) is 3.55. The molecule has 1 N–H and O–H groups in total. The minimum atomic E-state index is 0.107. The zero-order valence-electron chi connectivity index (χ0n) is 13.6. The Morgan fingerprint density at radius 3 is 2.91 bits per heavy atom. The molecular weight excluding hydrogens is 292 g/mol. The van der Waals surface area contributed by atoms with E-state index >= 15 is 0 Å². The van der Waals surface area contributed by atoms with Crippen LogP contribution in [-0.4, -0.2) is 42.2 Å². The van der Waals surface area contributed by atoms with Crippen molar-refractivity contribution in [1.29, 1.82) is 0 Å². The maximum absolute atomic E-state index is 12.4. The predicted molar refractivity (Wildman–Crippen MR) is 94.3 cm³/mol. The first-order valence-corrected chi connectivity index (χ1v) is 9.49. The van der Waals surface area contributed by atoms with Crippen LogP contribution < -0.4 is 5.32 Å². The quantitative estimate of drug-likeness (QED) is 0.587. The van der Waals surface area contributed by atoms with Crippen LogP contribution in [0.1, 0.15) is 39.0 Å². The first-order valence-electron chi connectivity index (χ1n) is 8.51. The van der Waals surface area contributed by atoms with Crippen LogP contribution in [-0.2, 0) is 4.79 Å². The van der Waals surface area contributed by atoms with Gasteiger partial charge in [-0.2, -0.15) is 0 Å². The van der Waals surface area contributed by atoms with Gasteiger partial charge in [0.25, 0.3) is 0 Å². The molecule has 2 rings (SSSR count). The SMILES string of the molecule is CCCN1CCCCC1C(=O)NCCCSc1ccccc1. The molecule has 1 unspecified atom stereocenters. The molecule has 0 saturated carbocycles. The topological polar surface area (TPSA) is 32.3 Å². The third-order valence-corrected chi connectivity index (χ3v) is 5.16. The van der Waals surface area contributed by atoms with E-state index in [2.05, 4.69) is 41.4 Å². The zero-order chi connectivity index (χ0) is 15.6. The molecule has 1 fully saturated rings. The molecule has 4 heteroatoms. The Kier molecular flexibility index (Phi) is 7.81. The molecule has 1 aliphatic heterocycles. The lowest BCUT2D eigenvalue weighted by atomic mass is 10.0. The van der Waals surface area contributed by atoms with Gasteiger partial charge in [-0.05, 0) is 56.7 Å². The minimum Gasteiger partial charge on any atom is -0.355 e. The molecule has 0 aromatic heterocycles. The van der Waals surface area contributed by atoms with Gasteiger partial charge in [-0.25, -0.2) is 0 Å². The average molecular weight is 321 g/mol. The van der Waals surface area contributed by atoms with Crippen LogP contribution in [0.25, 0.3) is 0 Å². The van der Waals surface area contributed by atoms with Crippen molar-refractivity contribution in [2.45, 2.75) is 50.0 Å². The molecule has 1 saturated heterocycles. The van der Waals surface area contributed by atoms with Crippen molar-refractivity contribution in [3.05, 3.63) is 30.3 Å². The van der Waals surface area contributed by atoms with Gasteiger partial charge in [0, 0.05) is 11.4 Å². The standard InChI is InChI=1S/C18H28N2OS/c1-2-13-20-14-7-6-11-17(20)18(21)19-12-8-15-22-16-9-4-3-5-10-16/h3-5,9-10,17H,2,6-8,11-15H2,1H3,(H,19,21). The molecule has 1 aliphatic rings. The Morgan fingerprint density at radius 2 is 2.14 bits per heavy atom. The first-order chi connectivity index (χ1) is 10.8. The lowest BCUT2D eigenvalue weighted by Crippen LogP contribution is -2.49. The number of hydrogen-bond donors (Lipinski definition) is 1. The number of rotatable bonds is 8. The number of carbonyl (C=O) groups excluding carboxylic acids is 1. The molecule has 22 heavy (non-hydrogen) atoms. The molecule has 0 spiro atoms. The number of hydrogen-bond acceptors (Lipinski definition) is 3. The van der Waals surface area contributed by atoms with Gasteiger partial charge in [0.2, 0.25) is 5.91 Å². The molecule has 1 aromatic rings. The third-order valence-electron chi connectivity index (χ3n) is 4.06. The van der Waals surface area contributed by atoms with E-state index in [0.29, 0.717) is 0 Å². The van der Waals surface area contributed by atoms with Gasteiger partial charge in [0.1, 0.15) is 0 Å². The van der Waals surface area contributed by atoms with E-state index in [4.69, 9.17) is 0 Å². The van der Waals surface area contributed by atoms with Crippen molar-refractivity contribution in [1.82, 2.24) is 10.2 Å². The number of likely N-dealkylation sites (tertiary alicyclic amines) is 1. The van der Waals surface area contributed by atoms with Gasteiger partial charge in [-0.3, -0.25) is 9.69 Å². The highest BCUT2D eigenvalue weighted by atomic mass is 32.2. The summed E-state index contributed by atoms with van der Waals surface area (Å²) >= 11 is 1.85. The van der Waals surface area contributed by atoms with Crippen molar-refractivity contribution >= 4 is 17.7 Å². The highest BCUT2D eigenvalue weighted by Gasteiger charge is 2.27. The van der Waals surface area contributed by atoms with Gasteiger partial charge in [0.05, 0.1) is 6.04 Å². The van der Waals surface area contributed by atoms with E-state index in [0.717, 1.165) is 44.6 Å². The van der Waals surface area contributed by atoms with Gasteiger partial charge in [-0.15, -0.1) is 11.8 Å². The molecular formula is C18H28N2OS. The molecule has 3 nitrogen and oxygen atoms in total. The molecule has 122 valence electrons. The second-order valence-corrected chi connectivity index (χ2v) is 7.02. The van der Waals surface area contributed by atoms with Crippen molar-refractivity contribution in [2.24, 2.45) is 0 Å². The second kappa shape index (κ2) is 9.90. The highest BCUT2D eigenvalue weighted by molar-refractivity contribution is 7.99. The summed E-state index contributed by atoms with van der Waals surface area (Å²) in [5.74, 6) is 1.28. The second-order valence-electron chi connectivity index (χ2n) is 5.85. The van der Waals surface area contributed by atoms with Crippen LogP contribution in [0.4, 0.5) is 0 Å². The van der Waals surface area contributed by atoms with Gasteiger partial charge >= 0.3 is 0 Å². The van der Waals surface area contributed by atoms with Crippen molar-refractivity contribution in [3.8, 4) is 0 Å². The summed E-state index contributed by atoms with van der Waals surface area (Å²) in [6.07, 6.45) is 5.58. The van der Waals surface area contributed by atoms with Crippen LogP contribution >= 0.6 is 11.8 Å². The van der Waals surface area contributed by atoms with Crippen LogP contribution in [0.5, 0.6) is 0 Å². The van der Waals surface area contributed by atoms with Gasteiger partial charge < -0.3 is 5.32 Å². The summed E-state index contributed by atoms with van der Waals surface area (Å²) in [5.41, 5.74) is 0. The summed E-state index contributed by atoms with van der Waals surface area (Å²) in [5, 5.41) is 3.13. The highest BCUT2D eigenvalue weighted by Crippen LogP contribution is 2.18. The number of nitrogens with one attached hydrogen (secondary N) is 1. The molecule has 1 atom stereocenters. The van der Waals surface area contributed by atoms with E-state index in [1.165, 1.54) is 17.7 Å². The summed E-state index contributed by atoms with van der Waals surface area (Å²) < 4.78 is 0. The van der Waals surface area contributed by atoms with Gasteiger partial charge in [0.15, 0.2) is 0 Å². The van der Waals surface area contributed by atoms with Crippen molar-refractivity contribution < 1.29 is 4.79 Å². The van der Waals surface area contributed by atoms with Crippen LogP contribution in [0.3, 0.4) is 0 Å². The summed E-state index contributed by atoms with van der Waals surface area (Å²) in [6.45, 7) is 5.09.